The molecule has 2 rings (SSSR count). The van der Waals surface area contributed by atoms with Crippen LogP contribution in [-0.4, -0.2) is 43.2 Å². The lowest BCUT2D eigenvalue weighted by atomic mass is 10.1. The van der Waals surface area contributed by atoms with Crippen LogP contribution >= 0.6 is 0 Å². The van der Waals surface area contributed by atoms with E-state index < -0.39 is 12.6 Å². The first-order valence-corrected chi connectivity index (χ1v) is 9.85. The average molecular weight is 384 g/mol. The van der Waals surface area contributed by atoms with Crippen molar-refractivity contribution in [1.29, 1.82) is 0 Å². The zero-order chi connectivity index (χ0) is 19.5. The molecule has 0 unspecified atom stereocenters. The Bertz CT molecular complexity index is 562. The van der Waals surface area contributed by atoms with Crippen LogP contribution in [0.4, 0.5) is 13.2 Å². The molecule has 7 heteroatoms. The maximum Gasteiger partial charge on any atom is 0.390 e. The molecule has 1 heterocycles. The summed E-state index contributed by atoms with van der Waals surface area (Å²) in [4.78, 5) is 6.89. The van der Waals surface area contributed by atoms with E-state index in [1.54, 1.807) is 0 Å². The maximum absolute atomic E-state index is 12.3. The fraction of sp³-hybridized carbons (Fsp3) is 0.650. The van der Waals surface area contributed by atoms with E-state index in [0.717, 1.165) is 12.1 Å². The molecule has 1 aromatic rings. The van der Waals surface area contributed by atoms with E-state index >= 15 is 0 Å². The van der Waals surface area contributed by atoms with E-state index in [1.165, 1.54) is 44.3 Å². The number of likely N-dealkylation sites (tertiary alicyclic amines) is 1. The van der Waals surface area contributed by atoms with Crippen LogP contribution in [0.2, 0.25) is 0 Å². The monoisotopic (exact) mass is 384 g/mol. The van der Waals surface area contributed by atoms with Gasteiger partial charge in [0, 0.05) is 19.6 Å². The molecule has 1 aliphatic heterocycles. The van der Waals surface area contributed by atoms with Gasteiger partial charge in [0.1, 0.15) is 0 Å². The molecule has 27 heavy (non-hydrogen) atoms. The van der Waals surface area contributed by atoms with Gasteiger partial charge < -0.3 is 10.6 Å². The topological polar surface area (TPSA) is 39.7 Å². The summed E-state index contributed by atoms with van der Waals surface area (Å²) < 4.78 is 36.8. The molecule has 4 nitrogen and oxygen atoms in total. The number of alkyl halides is 3. The molecule has 2 N–H and O–H groups in total. The number of hydrogen-bond donors (Lipinski definition) is 2. The molecule has 0 spiro atoms. The lowest BCUT2D eigenvalue weighted by Crippen LogP contribution is -2.38. The highest BCUT2D eigenvalue weighted by Gasteiger charge is 2.26. The summed E-state index contributed by atoms with van der Waals surface area (Å²) in [6.07, 6.45) is 0.190. The van der Waals surface area contributed by atoms with E-state index in [-0.39, 0.29) is 6.54 Å². The van der Waals surface area contributed by atoms with Gasteiger partial charge in [0.05, 0.1) is 13.0 Å². The van der Waals surface area contributed by atoms with Crippen LogP contribution in [0.15, 0.2) is 29.3 Å². The minimum Gasteiger partial charge on any atom is -0.357 e. The highest BCUT2D eigenvalue weighted by molar-refractivity contribution is 5.79. The Morgan fingerprint density at radius 1 is 1.00 bits per heavy atom. The van der Waals surface area contributed by atoms with Gasteiger partial charge in [0.25, 0.3) is 0 Å². The first kappa shape index (κ1) is 21.5. The maximum atomic E-state index is 12.3. The van der Waals surface area contributed by atoms with E-state index in [9.17, 15) is 13.2 Å². The summed E-state index contributed by atoms with van der Waals surface area (Å²) in [5, 5.41) is 5.71. The van der Waals surface area contributed by atoms with Crippen LogP contribution in [0, 0.1) is 0 Å². The van der Waals surface area contributed by atoms with Crippen molar-refractivity contribution < 1.29 is 13.2 Å². The van der Waals surface area contributed by atoms with Crippen molar-refractivity contribution in [2.45, 2.75) is 58.3 Å². The zero-order valence-electron chi connectivity index (χ0n) is 16.1. The Morgan fingerprint density at radius 2 is 1.63 bits per heavy atom. The number of rotatable bonds is 7. The second-order valence-corrected chi connectivity index (χ2v) is 6.99. The fourth-order valence-corrected chi connectivity index (χ4v) is 3.14. The fourth-order valence-electron chi connectivity index (χ4n) is 3.14. The third kappa shape index (κ3) is 9.13. The van der Waals surface area contributed by atoms with Crippen molar-refractivity contribution in [3.63, 3.8) is 0 Å². The predicted molar refractivity (Wildman–Crippen MR) is 104 cm³/mol. The van der Waals surface area contributed by atoms with Crippen LogP contribution in [0.25, 0.3) is 0 Å². The predicted octanol–water partition coefficient (Wildman–Crippen LogP) is 4.07. The van der Waals surface area contributed by atoms with Gasteiger partial charge >= 0.3 is 6.18 Å². The normalized spacial score (nSPS) is 16.8. The minimum absolute atomic E-state index is 0.176. The zero-order valence-corrected chi connectivity index (χ0v) is 16.1. The molecule has 0 saturated carbocycles. The number of aliphatic imine (C=N–C) groups is 1. The molecular weight excluding hydrogens is 353 g/mol. The van der Waals surface area contributed by atoms with Crippen molar-refractivity contribution >= 4 is 5.96 Å². The molecule has 1 aromatic carbocycles. The summed E-state index contributed by atoms with van der Waals surface area (Å²) in [6.45, 7) is 6.06. The Kier molecular flexibility index (Phi) is 8.91. The first-order chi connectivity index (χ1) is 13.0. The number of nitrogens with zero attached hydrogens (tertiary/aromatic N) is 2. The molecule has 1 saturated heterocycles. The second-order valence-electron chi connectivity index (χ2n) is 6.99. The Balaban J connectivity index is 1.84. The third-order valence-corrected chi connectivity index (χ3v) is 4.59. The van der Waals surface area contributed by atoms with Crippen LogP contribution in [-0.2, 0) is 13.1 Å². The average Bonchev–Trinajstić information content (AvgIpc) is 2.88. The SMILES string of the molecule is CCNC(=NCc1ccc(CN2CCCCCC2)cc1)NCCC(F)(F)F. The molecule has 0 radical (unpaired) electrons. The molecule has 0 atom stereocenters. The molecule has 152 valence electrons. The molecular formula is C20H31F3N4. The molecule has 0 bridgehead atoms. The van der Waals surface area contributed by atoms with Gasteiger partial charge in [-0.25, -0.2) is 4.99 Å². The van der Waals surface area contributed by atoms with E-state index in [4.69, 9.17) is 0 Å². The Hall–Kier alpha value is -1.76. The largest absolute Gasteiger partial charge is 0.390 e. The van der Waals surface area contributed by atoms with Gasteiger partial charge in [-0.3, -0.25) is 4.90 Å². The van der Waals surface area contributed by atoms with Crippen LogP contribution in [0.5, 0.6) is 0 Å². The standard InChI is InChI=1S/C20H31F3N4/c1-2-24-19(25-12-11-20(21,22)23)26-15-17-7-9-18(10-8-17)16-27-13-5-3-4-6-14-27/h7-10H,2-6,11-16H2,1H3,(H2,24,25,26). The van der Waals surface area contributed by atoms with Gasteiger partial charge in [-0.1, -0.05) is 37.1 Å². The number of halogens is 3. The molecule has 0 aliphatic carbocycles. The summed E-state index contributed by atoms with van der Waals surface area (Å²) in [5.41, 5.74) is 2.34. The van der Waals surface area contributed by atoms with Gasteiger partial charge in [0.2, 0.25) is 0 Å². The first-order valence-electron chi connectivity index (χ1n) is 9.85. The molecule has 0 amide bonds. The van der Waals surface area contributed by atoms with Crippen molar-refractivity contribution in [3.05, 3.63) is 35.4 Å². The smallest absolute Gasteiger partial charge is 0.357 e. The summed E-state index contributed by atoms with van der Waals surface area (Å²) in [7, 11) is 0. The number of guanidine groups is 1. The van der Waals surface area contributed by atoms with Crippen LogP contribution in [0.1, 0.15) is 50.2 Å². The Morgan fingerprint density at radius 3 is 2.22 bits per heavy atom. The van der Waals surface area contributed by atoms with Gasteiger partial charge in [-0.15, -0.1) is 0 Å². The summed E-state index contributed by atoms with van der Waals surface area (Å²) >= 11 is 0. The van der Waals surface area contributed by atoms with Crippen LogP contribution < -0.4 is 10.6 Å². The number of nitrogens with one attached hydrogen (secondary N) is 2. The van der Waals surface area contributed by atoms with Gasteiger partial charge in [0.15, 0.2) is 5.96 Å². The van der Waals surface area contributed by atoms with Crippen molar-refractivity contribution in [1.82, 2.24) is 15.5 Å². The van der Waals surface area contributed by atoms with E-state index in [0.29, 0.717) is 19.0 Å². The van der Waals surface area contributed by atoms with Crippen molar-refractivity contribution in [3.8, 4) is 0 Å². The quantitative estimate of drug-likeness (QED) is 0.550. The van der Waals surface area contributed by atoms with E-state index in [1.807, 2.05) is 6.92 Å². The minimum atomic E-state index is -4.16. The molecule has 1 fully saturated rings. The molecule has 1 aliphatic rings. The highest BCUT2D eigenvalue weighted by Crippen LogP contribution is 2.18. The number of hydrogen-bond acceptors (Lipinski definition) is 2. The lowest BCUT2D eigenvalue weighted by Gasteiger charge is -2.19. The summed E-state index contributed by atoms with van der Waals surface area (Å²) in [6, 6.07) is 8.35. The number of benzene rings is 1. The van der Waals surface area contributed by atoms with Gasteiger partial charge in [-0.05, 0) is 44.0 Å². The van der Waals surface area contributed by atoms with Gasteiger partial charge in [-0.2, -0.15) is 13.2 Å². The Labute approximate surface area is 160 Å². The van der Waals surface area contributed by atoms with E-state index in [2.05, 4.69) is 44.8 Å². The van der Waals surface area contributed by atoms with Crippen molar-refractivity contribution in [2.75, 3.05) is 26.2 Å². The highest BCUT2D eigenvalue weighted by atomic mass is 19.4. The second kappa shape index (κ2) is 11.2. The van der Waals surface area contributed by atoms with Crippen LogP contribution in [0.3, 0.4) is 0 Å². The summed E-state index contributed by atoms with van der Waals surface area (Å²) in [5.74, 6) is 0.412. The lowest BCUT2D eigenvalue weighted by molar-refractivity contribution is -0.132. The van der Waals surface area contributed by atoms with Crippen molar-refractivity contribution in [2.24, 2.45) is 4.99 Å². The third-order valence-electron chi connectivity index (χ3n) is 4.59. The molecule has 0 aromatic heterocycles.